The SMILES string of the molecule is Cc1cc(C)c(CN(C)C(=O)NN)cc1C. The average Bonchev–Trinajstić information content (AvgIpc) is 2.24. The van der Waals surface area contributed by atoms with Crippen LogP contribution in [0.15, 0.2) is 12.1 Å². The molecule has 0 bridgehead atoms. The number of nitrogens with zero attached hydrogens (tertiary/aromatic N) is 1. The second kappa shape index (κ2) is 4.99. The van der Waals surface area contributed by atoms with Crippen molar-refractivity contribution in [3.63, 3.8) is 0 Å². The van der Waals surface area contributed by atoms with Crippen LogP contribution in [0, 0.1) is 20.8 Å². The molecule has 0 radical (unpaired) electrons. The lowest BCUT2D eigenvalue weighted by Crippen LogP contribution is -2.40. The molecule has 1 aromatic rings. The van der Waals surface area contributed by atoms with Gasteiger partial charge in [0.2, 0.25) is 0 Å². The number of carbonyl (C=O) groups is 1. The molecule has 0 fully saturated rings. The van der Waals surface area contributed by atoms with Gasteiger partial charge in [0.1, 0.15) is 0 Å². The van der Waals surface area contributed by atoms with Gasteiger partial charge in [-0.1, -0.05) is 12.1 Å². The highest BCUT2D eigenvalue weighted by molar-refractivity contribution is 5.73. The van der Waals surface area contributed by atoms with Gasteiger partial charge >= 0.3 is 6.03 Å². The van der Waals surface area contributed by atoms with Crippen molar-refractivity contribution in [2.45, 2.75) is 27.3 Å². The first kappa shape index (κ1) is 12.5. The van der Waals surface area contributed by atoms with Gasteiger partial charge in [0.05, 0.1) is 0 Å². The number of aryl methyl sites for hydroxylation is 3. The predicted octanol–water partition coefficient (Wildman–Crippen LogP) is 1.63. The van der Waals surface area contributed by atoms with E-state index in [0.717, 1.165) is 5.56 Å². The molecule has 0 spiro atoms. The highest BCUT2D eigenvalue weighted by Crippen LogP contribution is 2.16. The van der Waals surface area contributed by atoms with Gasteiger partial charge in [0, 0.05) is 13.6 Å². The summed E-state index contributed by atoms with van der Waals surface area (Å²) in [4.78, 5) is 12.8. The number of rotatable bonds is 2. The maximum absolute atomic E-state index is 11.3. The average molecular weight is 221 g/mol. The quantitative estimate of drug-likeness (QED) is 0.453. The van der Waals surface area contributed by atoms with E-state index in [1.165, 1.54) is 16.7 Å². The molecule has 3 N–H and O–H groups in total. The van der Waals surface area contributed by atoms with Gasteiger partial charge in [-0.2, -0.15) is 0 Å². The zero-order valence-corrected chi connectivity index (χ0v) is 10.3. The van der Waals surface area contributed by atoms with Crippen LogP contribution in [-0.4, -0.2) is 18.0 Å². The Morgan fingerprint density at radius 1 is 1.25 bits per heavy atom. The molecule has 4 heteroatoms. The van der Waals surface area contributed by atoms with Gasteiger partial charge < -0.3 is 4.90 Å². The van der Waals surface area contributed by atoms with Crippen molar-refractivity contribution in [3.8, 4) is 0 Å². The van der Waals surface area contributed by atoms with E-state index < -0.39 is 0 Å². The lowest BCUT2D eigenvalue weighted by Gasteiger charge is -2.18. The Balaban J connectivity index is 2.89. The van der Waals surface area contributed by atoms with Gasteiger partial charge in [-0.05, 0) is 43.0 Å². The second-order valence-electron chi connectivity index (χ2n) is 4.17. The Hall–Kier alpha value is -1.55. The first-order valence-electron chi connectivity index (χ1n) is 5.24. The summed E-state index contributed by atoms with van der Waals surface area (Å²) in [5, 5.41) is 0. The molecule has 1 rings (SSSR count). The lowest BCUT2D eigenvalue weighted by atomic mass is 10.0. The molecule has 88 valence electrons. The molecule has 0 aromatic heterocycles. The maximum atomic E-state index is 11.3. The normalized spacial score (nSPS) is 10.1. The number of nitrogens with one attached hydrogen (secondary N) is 1. The highest BCUT2D eigenvalue weighted by atomic mass is 16.2. The van der Waals surface area contributed by atoms with E-state index in [2.05, 4.69) is 38.3 Å². The Labute approximate surface area is 96.4 Å². The summed E-state index contributed by atoms with van der Waals surface area (Å²) in [6.45, 7) is 6.77. The smallest absolute Gasteiger partial charge is 0.322 e. The van der Waals surface area contributed by atoms with Crippen LogP contribution in [0.5, 0.6) is 0 Å². The number of hydrogen-bond acceptors (Lipinski definition) is 2. The molecular formula is C12H19N3O. The Bertz CT molecular complexity index is 401. The number of carbonyl (C=O) groups excluding carboxylic acids is 1. The zero-order chi connectivity index (χ0) is 12.3. The molecule has 4 nitrogen and oxygen atoms in total. The summed E-state index contributed by atoms with van der Waals surface area (Å²) in [5.74, 6) is 5.08. The molecule has 0 saturated heterocycles. The van der Waals surface area contributed by atoms with Crippen LogP contribution in [0.25, 0.3) is 0 Å². The van der Waals surface area contributed by atoms with E-state index in [0.29, 0.717) is 6.54 Å². The van der Waals surface area contributed by atoms with E-state index in [-0.39, 0.29) is 6.03 Å². The fourth-order valence-corrected chi connectivity index (χ4v) is 1.63. The molecule has 0 atom stereocenters. The minimum absolute atomic E-state index is 0.280. The number of nitrogens with two attached hydrogens (primary N) is 1. The molecule has 0 saturated carbocycles. The van der Waals surface area contributed by atoms with Crippen molar-refractivity contribution >= 4 is 6.03 Å². The third kappa shape index (κ3) is 2.73. The summed E-state index contributed by atoms with van der Waals surface area (Å²) in [7, 11) is 1.72. The maximum Gasteiger partial charge on any atom is 0.331 e. The number of hydrazine groups is 1. The molecule has 0 aliphatic rings. The Morgan fingerprint density at radius 2 is 1.81 bits per heavy atom. The van der Waals surface area contributed by atoms with Crippen LogP contribution in [-0.2, 0) is 6.54 Å². The fourth-order valence-electron chi connectivity index (χ4n) is 1.63. The van der Waals surface area contributed by atoms with E-state index in [9.17, 15) is 4.79 Å². The molecule has 16 heavy (non-hydrogen) atoms. The van der Waals surface area contributed by atoms with Gasteiger partial charge in [-0.15, -0.1) is 0 Å². The molecule has 0 heterocycles. The first-order valence-corrected chi connectivity index (χ1v) is 5.24. The molecule has 2 amide bonds. The van der Waals surface area contributed by atoms with Crippen molar-refractivity contribution in [1.29, 1.82) is 0 Å². The monoisotopic (exact) mass is 221 g/mol. The van der Waals surface area contributed by atoms with Crippen LogP contribution in [0.4, 0.5) is 4.79 Å². The number of urea groups is 1. The third-order valence-electron chi connectivity index (χ3n) is 2.83. The summed E-state index contributed by atoms with van der Waals surface area (Å²) < 4.78 is 0. The van der Waals surface area contributed by atoms with E-state index in [1.54, 1.807) is 11.9 Å². The first-order chi connectivity index (χ1) is 7.45. The topological polar surface area (TPSA) is 58.4 Å². The van der Waals surface area contributed by atoms with E-state index in [4.69, 9.17) is 5.84 Å². The number of amides is 2. The van der Waals surface area contributed by atoms with Gasteiger partial charge in [0.25, 0.3) is 0 Å². The third-order valence-corrected chi connectivity index (χ3v) is 2.83. The number of hydrogen-bond donors (Lipinski definition) is 2. The van der Waals surface area contributed by atoms with Crippen LogP contribution in [0.3, 0.4) is 0 Å². The second-order valence-corrected chi connectivity index (χ2v) is 4.17. The standard InChI is InChI=1S/C12H19N3O/c1-8-5-10(3)11(6-9(8)2)7-15(4)12(16)14-13/h5-6H,7,13H2,1-4H3,(H,14,16). The molecule has 1 aromatic carbocycles. The van der Waals surface area contributed by atoms with Crippen molar-refractivity contribution in [2.24, 2.45) is 5.84 Å². The summed E-state index contributed by atoms with van der Waals surface area (Å²) in [5.41, 5.74) is 6.97. The Morgan fingerprint density at radius 3 is 2.38 bits per heavy atom. The van der Waals surface area contributed by atoms with Crippen LogP contribution < -0.4 is 11.3 Å². The van der Waals surface area contributed by atoms with Crippen molar-refractivity contribution < 1.29 is 4.79 Å². The van der Waals surface area contributed by atoms with Crippen LogP contribution in [0.2, 0.25) is 0 Å². The molecular weight excluding hydrogens is 202 g/mol. The van der Waals surface area contributed by atoms with Gasteiger partial charge in [0.15, 0.2) is 0 Å². The summed E-state index contributed by atoms with van der Waals surface area (Å²) in [6, 6.07) is 3.97. The molecule has 0 aliphatic heterocycles. The Kier molecular flexibility index (Phi) is 3.90. The fraction of sp³-hybridized carbons (Fsp3) is 0.417. The summed E-state index contributed by atoms with van der Waals surface area (Å²) >= 11 is 0. The zero-order valence-electron chi connectivity index (χ0n) is 10.3. The van der Waals surface area contributed by atoms with Crippen molar-refractivity contribution in [3.05, 3.63) is 34.4 Å². The van der Waals surface area contributed by atoms with E-state index >= 15 is 0 Å². The largest absolute Gasteiger partial charge is 0.331 e. The van der Waals surface area contributed by atoms with Gasteiger partial charge in [-0.25, -0.2) is 10.6 Å². The minimum Gasteiger partial charge on any atom is -0.322 e. The van der Waals surface area contributed by atoms with Crippen molar-refractivity contribution in [1.82, 2.24) is 10.3 Å². The van der Waals surface area contributed by atoms with Gasteiger partial charge in [-0.3, -0.25) is 5.43 Å². The molecule has 0 unspecified atom stereocenters. The lowest BCUT2D eigenvalue weighted by molar-refractivity contribution is 0.207. The summed E-state index contributed by atoms with van der Waals surface area (Å²) in [6.07, 6.45) is 0. The number of benzene rings is 1. The van der Waals surface area contributed by atoms with E-state index in [1.807, 2.05) is 0 Å². The van der Waals surface area contributed by atoms with Crippen LogP contribution >= 0.6 is 0 Å². The highest BCUT2D eigenvalue weighted by Gasteiger charge is 2.09. The minimum atomic E-state index is -0.280. The predicted molar refractivity (Wildman–Crippen MR) is 64.8 cm³/mol. The van der Waals surface area contributed by atoms with Crippen LogP contribution in [0.1, 0.15) is 22.3 Å². The van der Waals surface area contributed by atoms with Crippen molar-refractivity contribution in [2.75, 3.05) is 7.05 Å². The molecule has 0 aliphatic carbocycles.